The van der Waals surface area contributed by atoms with Gasteiger partial charge < -0.3 is 14.8 Å². The molecule has 1 amide bonds. The van der Waals surface area contributed by atoms with Gasteiger partial charge in [-0.1, -0.05) is 0 Å². The van der Waals surface area contributed by atoms with Crippen LogP contribution in [-0.2, 0) is 16.1 Å². The number of unbranched alkanes of at least 4 members (excludes halogenated alkanes) is 1. The van der Waals surface area contributed by atoms with Crippen molar-refractivity contribution in [2.24, 2.45) is 0 Å². The molecule has 0 aromatic carbocycles. The van der Waals surface area contributed by atoms with Crippen LogP contribution in [0.15, 0.2) is 10.8 Å². The Bertz CT molecular complexity index is 387. The predicted molar refractivity (Wildman–Crippen MR) is 59.2 cm³/mol. The molecule has 1 aromatic rings. The molecule has 0 aliphatic rings. The van der Waals surface area contributed by atoms with Crippen LogP contribution in [0.1, 0.15) is 37.1 Å². The van der Waals surface area contributed by atoms with Crippen molar-refractivity contribution in [2.45, 2.75) is 39.2 Å². The van der Waals surface area contributed by atoms with E-state index in [0.29, 0.717) is 37.3 Å². The van der Waals surface area contributed by atoms with Crippen molar-refractivity contribution in [3.05, 3.63) is 17.8 Å². The van der Waals surface area contributed by atoms with Gasteiger partial charge in [-0.25, -0.2) is 4.98 Å². The fourth-order valence-corrected chi connectivity index (χ4v) is 1.33. The van der Waals surface area contributed by atoms with Gasteiger partial charge in [-0.2, -0.15) is 0 Å². The molecule has 0 saturated heterocycles. The number of rotatable bonds is 7. The lowest BCUT2D eigenvalue weighted by Crippen LogP contribution is -2.22. The number of carbonyl (C=O) groups is 2. The van der Waals surface area contributed by atoms with E-state index in [-0.39, 0.29) is 12.3 Å². The highest BCUT2D eigenvalue weighted by Crippen LogP contribution is 2.04. The van der Waals surface area contributed by atoms with Gasteiger partial charge in [0.05, 0.1) is 6.54 Å². The van der Waals surface area contributed by atoms with Crippen molar-refractivity contribution in [3.8, 4) is 0 Å². The molecule has 1 rings (SSSR count). The average molecular weight is 240 g/mol. The number of hydrogen-bond acceptors (Lipinski definition) is 4. The summed E-state index contributed by atoms with van der Waals surface area (Å²) in [6.45, 7) is 2.13. The number of hydrogen-bond donors (Lipinski definition) is 2. The molecule has 0 bridgehead atoms. The van der Waals surface area contributed by atoms with E-state index >= 15 is 0 Å². The molecule has 1 aromatic heterocycles. The van der Waals surface area contributed by atoms with Crippen LogP contribution in [-0.4, -0.2) is 22.0 Å². The van der Waals surface area contributed by atoms with Crippen LogP contribution in [0.2, 0.25) is 0 Å². The third kappa shape index (κ3) is 5.14. The van der Waals surface area contributed by atoms with Crippen molar-refractivity contribution < 1.29 is 19.1 Å². The summed E-state index contributed by atoms with van der Waals surface area (Å²) in [6, 6.07) is 0. The Morgan fingerprint density at radius 3 is 2.71 bits per heavy atom. The number of aromatic nitrogens is 1. The standard InChI is InChI=1S/C11H16N2O4/c1-8-9(13-7-17-8)6-12-10(14)4-2-3-5-11(15)16/h7H,2-6H2,1H3,(H,12,14)(H,15,16). The predicted octanol–water partition coefficient (Wildman–Crippen LogP) is 1.24. The largest absolute Gasteiger partial charge is 0.481 e. The van der Waals surface area contributed by atoms with Crippen molar-refractivity contribution in [2.75, 3.05) is 0 Å². The number of amides is 1. The number of carboxylic acids is 1. The highest BCUT2D eigenvalue weighted by molar-refractivity contribution is 5.75. The maximum absolute atomic E-state index is 11.4. The molecule has 0 aliphatic heterocycles. The minimum absolute atomic E-state index is 0.0993. The lowest BCUT2D eigenvalue weighted by molar-refractivity contribution is -0.137. The van der Waals surface area contributed by atoms with Gasteiger partial charge in [0.15, 0.2) is 6.39 Å². The Balaban J connectivity index is 2.13. The lowest BCUT2D eigenvalue weighted by Gasteiger charge is -2.02. The number of aliphatic carboxylic acids is 1. The smallest absolute Gasteiger partial charge is 0.303 e. The highest BCUT2D eigenvalue weighted by atomic mass is 16.4. The molecule has 0 spiro atoms. The molecular weight excluding hydrogens is 224 g/mol. The second-order valence-corrected chi connectivity index (χ2v) is 3.73. The third-order valence-electron chi connectivity index (χ3n) is 2.34. The van der Waals surface area contributed by atoms with Crippen molar-refractivity contribution >= 4 is 11.9 Å². The number of carbonyl (C=O) groups excluding carboxylic acids is 1. The third-order valence-corrected chi connectivity index (χ3v) is 2.34. The minimum Gasteiger partial charge on any atom is -0.481 e. The zero-order valence-electron chi connectivity index (χ0n) is 9.73. The van der Waals surface area contributed by atoms with E-state index < -0.39 is 5.97 Å². The van der Waals surface area contributed by atoms with Crippen LogP contribution in [0.4, 0.5) is 0 Å². The summed E-state index contributed by atoms with van der Waals surface area (Å²) in [5.41, 5.74) is 0.712. The van der Waals surface area contributed by atoms with E-state index in [1.807, 2.05) is 0 Å². The molecule has 17 heavy (non-hydrogen) atoms. The van der Waals surface area contributed by atoms with Gasteiger partial charge in [0.1, 0.15) is 11.5 Å². The second-order valence-electron chi connectivity index (χ2n) is 3.73. The van der Waals surface area contributed by atoms with E-state index in [1.165, 1.54) is 6.39 Å². The number of aryl methyl sites for hydroxylation is 1. The van der Waals surface area contributed by atoms with Gasteiger partial charge in [-0.3, -0.25) is 9.59 Å². The fraction of sp³-hybridized carbons (Fsp3) is 0.545. The van der Waals surface area contributed by atoms with E-state index in [4.69, 9.17) is 9.52 Å². The highest BCUT2D eigenvalue weighted by Gasteiger charge is 2.06. The summed E-state index contributed by atoms with van der Waals surface area (Å²) in [4.78, 5) is 25.6. The Hall–Kier alpha value is -1.85. The Labute approximate surface area is 99.0 Å². The molecule has 2 N–H and O–H groups in total. The van der Waals surface area contributed by atoms with Crippen molar-refractivity contribution in [3.63, 3.8) is 0 Å². The van der Waals surface area contributed by atoms with Crippen LogP contribution in [0, 0.1) is 6.92 Å². The van der Waals surface area contributed by atoms with E-state index in [0.717, 1.165) is 0 Å². The van der Waals surface area contributed by atoms with Gasteiger partial charge in [0, 0.05) is 12.8 Å². The van der Waals surface area contributed by atoms with E-state index in [1.54, 1.807) is 6.92 Å². The zero-order chi connectivity index (χ0) is 12.7. The summed E-state index contributed by atoms with van der Waals surface area (Å²) in [5, 5.41) is 11.1. The van der Waals surface area contributed by atoms with Gasteiger partial charge in [-0.15, -0.1) is 0 Å². The summed E-state index contributed by atoms with van der Waals surface area (Å²) in [6.07, 6.45) is 2.88. The molecule has 0 unspecified atom stereocenters. The monoisotopic (exact) mass is 240 g/mol. The summed E-state index contributed by atoms with van der Waals surface area (Å²) in [5.74, 6) is -0.238. The summed E-state index contributed by atoms with van der Waals surface area (Å²) in [7, 11) is 0. The molecule has 94 valence electrons. The molecule has 1 heterocycles. The zero-order valence-corrected chi connectivity index (χ0v) is 9.73. The minimum atomic E-state index is -0.830. The normalized spacial score (nSPS) is 10.2. The molecule has 0 fully saturated rings. The van der Waals surface area contributed by atoms with Crippen LogP contribution in [0.3, 0.4) is 0 Å². The van der Waals surface area contributed by atoms with Crippen LogP contribution < -0.4 is 5.32 Å². The van der Waals surface area contributed by atoms with Crippen molar-refractivity contribution in [1.29, 1.82) is 0 Å². The molecule has 0 saturated carbocycles. The quantitative estimate of drug-likeness (QED) is 0.699. The summed E-state index contributed by atoms with van der Waals surface area (Å²) >= 11 is 0. The Morgan fingerprint density at radius 1 is 1.41 bits per heavy atom. The molecular formula is C11H16N2O4. The van der Waals surface area contributed by atoms with E-state index in [2.05, 4.69) is 10.3 Å². The number of carboxylic acid groups (broad SMARTS) is 1. The number of nitrogens with zero attached hydrogens (tertiary/aromatic N) is 1. The second kappa shape index (κ2) is 6.67. The van der Waals surface area contributed by atoms with Gasteiger partial charge >= 0.3 is 5.97 Å². The van der Waals surface area contributed by atoms with Gasteiger partial charge in [0.25, 0.3) is 0 Å². The number of oxazole rings is 1. The maximum atomic E-state index is 11.4. The topological polar surface area (TPSA) is 92.4 Å². The lowest BCUT2D eigenvalue weighted by atomic mass is 10.2. The fourth-order valence-electron chi connectivity index (χ4n) is 1.33. The molecule has 6 nitrogen and oxygen atoms in total. The van der Waals surface area contributed by atoms with Crippen molar-refractivity contribution in [1.82, 2.24) is 10.3 Å². The van der Waals surface area contributed by atoms with E-state index in [9.17, 15) is 9.59 Å². The van der Waals surface area contributed by atoms with Crippen LogP contribution >= 0.6 is 0 Å². The van der Waals surface area contributed by atoms with Gasteiger partial charge in [-0.05, 0) is 19.8 Å². The SMILES string of the molecule is Cc1ocnc1CNC(=O)CCCCC(=O)O. The first-order chi connectivity index (χ1) is 8.09. The molecule has 0 radical (unpaired) electrons. The molecule has 6 heteroatoms. The first-order valence-corrected chi connectivity index (χ1v) is 5.47. The molecule has 0 atom stereocenters. The molecule has 0 aliphatic carbocycles. The number of nitrogens with one attached hydrogen (secondary N) is 1. The van der Waals surface area contributed by atoms with Crippen LogP contribution in [0.25, 0.3) is 0 Å². The van der Waals surface area contributed by atoms with Crippen LogP contribution in [0.5, 0.6) is 0 Å². The Morgan fingerprint density at radius 2 is 2.12 bits per heavy atom. The Kier molecular flexibility index (Phi) is 5.19. The van der Waals surface area contributed by atoms with Gasteiger partial charge in [0.2, 0.25) is 5.91 Å². The first-order valence-electron chi connectivity index (χ1n) is 5.47. The maximum Gasteiger partial charge on any atom is 0.303 e. The summed E-state index contributed by atoms with van der Waals surface area (Å²) < 4.78 is 4.99. The first kappa shape index (κ1) is 13.2. The average Bonchev–Trinajstić information content (AvgIpc) is 2.67.